The van der Waals surface area contributed by atoms with Crippen LogP contribution in [0.25, 0.3) is 0 Å². The molecule has 0 radical (unpaired) electrons. The molecular formula is C13H18N2O4. The molecule has 1 atom stereocenters. The van der Waals surface area contributed by atoms with Gasteiger partial charge < -0.3 is 20.1 Å². The van der Waals surface area contributed by atoms with E-state index >= 15 is 0 Å². The summed E-state index contributed by atoms with van der Waals surface area (Å²) in [4.78, 5) is 22.2. The third-order valence-electron chi connectivity index (χ3n) is 2.25. The van der Waals surface area contributed by atoms with E-state index in [1.54, 1.807) is 26.2 Å². The zero-order valence-corrected chi connectivity index (χ0v) is 11.2. The molecule has 0 heterocycles. The average molecular weight is 266 g/mol. The molecule has 0 aliphatic carbocycles. The number of rotatable bonds is 6. The maximum atomic E-state index is 11.5. The van der Waals surface area contributed by atoms with Crippen molar-refractivity contribution < 1.29 is 19.1 Å². The van der Waals surface area contributed by atoms with E-state index in [1.165, 1.54) is 6.92 Å². The Hall–Kier alpha value is -2.24. The zero-order valence-electron chi connectivity index (χ0n) is 11.2. The maximum absolute atomic E-state index is 11.5. The normalized spacial score (nSPS) is 11.3. The van der Waals surface area contributed by atoms with Crippen molar-refractivity contribution in [2.45, 2.75) is 20.1 Å². The van der Waals surface area contributed by atoms with Gasteiger partial charge in [0.05, 0.1) is 13.7 Å². The smallest absolute Gasteiger partial charge is 0.304 e. The molecule has 1 aromatic carbocycles. The highest BCUT2D eigenvalue weighted by molar-refractivity contribution is 5.81. The van der Waals surface area contributed by atoms with Gasteiger partial charge in [-0.05, 0) is 31.2 Å². The number of ether oxygens (including phenoxy) is 2. The fourth-order valence-corrected chi connectivity index (χ4v) is 1.45. The lowest BCUT2D eigenvalue weighted by molar-refractivity contribution is -0.148. The highest BCUT2D eigenvalue weighted by atomic mass is 16.6. The number of carbonyl (C=O) groups excluding carboxylic acids is 2. The van der Waals surface area contributed by atoms with Crippen molar-refractivity contribution in [3.8, 4) is 5.75 Å². The van der Waals surface area contributed by atoms with Crippen molar-refractivity contribution in [2.75, 3.05) is 19.0 Å². The molecule has 0 bridgehead atoms. The molecule has 0 aliphatic heterocycles. The molecule has 0 aliphatic rings. The van der Waals surface area contributed by atoms with Crippen LogP contribution >= 0.6 is 0 Å². The Labute approximate surface area is 112 Å². The Morgan fingerprint density at radius 1 is 1.26 bits per heavy atom. The Bertz CT molecular complexity index is 431. The molecule has 0 saturated heterocycles. The van der Waals surface area contributed by atoms with Crippen molar-refractivity contribution in [1.29, 1.82) is 0 Å². The molecule has 1 rings (SSSR count). The van der Waals surface area contributed by atoms with Gasteiger partial charge in [-0.3, -0.25) is 9.59 Å². The first-order chi connectivity index (χ1) is 9.01. The van der Waals surface area contributed by atoms with E-state index in [9.17, 15) is 9.59 Å². The summed E-state index contributed by atoms with van der Waals surface area (Å²) in [6.07, 6.45) is -0.636. The molecule has 0 spiro atoms. The molecule has 1 aromatic rings. The van der Waals surface area contributed by atoms with Crippen LogP contribution in [0.3, 0.4) is 0 Å². The summed E-state index contributed by atoms with van der Waals surface area (Å²) in [6, 6.07) is 7.20. The van der Waals surface area contributed by atoms with Crippen LogP contribution in [0.1, 0.15) is 13.8 Å². The largest absolute Gasteiger partial charge is 0.497 e. The number of nitrogens with one attached hydrogen (secondary N) is 2. The van der Waals surface area contributed by atoms with Gasteiger partial charge in [-0.25, -0.2) is 0 Å². The fourth-order valence-electron chi connectivity index (χ4n) is 1.45. The number of anilines is 1. The summed E-state index contributed by atoms with van der Waals surface area (Å²) in [6.45, 7) is 2.98. The van der Waals surface area contributed by atoms with E-state index in [0.29, 0.717) is 0 Å². The molecule has 1 unspecified atom stereocenters. The molecular weight excluding hydrogens is 248 g/mol. The van der Waals surface area contributed by atoms with Crippen LogP contribution in [0.5, 0.6) is 5.75 Å². The second-order valence-electron chi connectivity index (χ2n) is 3.90. The lowest BCUT2D eigenvalue weighted by atomic mass is 10.3. The molecule has 19 heavy (non-hydrogen) atoms. The summed E-state index contributed by atoms with van der Waals surface area (Å²) in [7, 11) is 1.59. The SMILES string of the molecule is COc1ccc(NCC(=O)NC(C)OC(C)=O)cc1. The van der Waals surface area contributed by atoms with Crippen LogP contribution in [0.15, 0.2) is 24.3 Å². The number of hydrogen-bond donors (Lipinski definition) is 2. The zero-order chi connectivity index (χ0) is 14.3. The summed E-state index contributed by atoms with van der Waals surface area (Å²) in [5, 5.41) is 5.48. The second kappa shape index (κ2) is 7.25. The molecule has 104 valence electrons. The number of esters is 1. The van der Waals surface area contributed by atoms with Crippen LogP contribution in [-0.2, 0) is 14.3 Å². The van der Waals surface area contributed by atoms with Gasteiger partial charge in [0.1, 0.15) is 5.75 Å². The van der Waals surface area contributed by atoms with Gasteiger partial charge in [0, 0.05) is 12.6 Å². The first-order valence-electron chi connectivity index (χ1n) is 5.85. The molecule has 1 amide bonds. The van der Waals surface area contributed by atoms with Gasteiger partial charge in [-0.1, -0.05) is 0 Å². The lowest BCUT2D eigenvalue weighted by Gasteiger charge is -2.14. The average Bonchev–Trinajstić information content (AvgIpc) is 2.36. The highest BCUT2D eigenvalue weighted by Crippen LogP contribution is 2.14. The molecule has 6 heteroatoms. The van der Waals surface area contributed by atoms with E-state index < -0.39 is 12.2 Å². The van der Waals surface area contributed by atoms with Crippen LogP contribution in [-0.4, -0.2) is 31.8 Å². The van der Waals surface area contributed by atoms with Crippen LogP contribution in [0.2, 0.25) is 0 Å². The van der Waals surface area contributed by atoms with Crippen LogP contribution < -0.4 is 15.4 Å². The van der Waals surface area contributed by atoms with E-state index in [1.807, 2.05) is 12.1 Å². The van der Waals surface area contributed by atoms with Gasteiger partial charge in [-0.2, -0.15) is 0 Å². The number of methoxy groups -OCH3 is 1. The van der Waals surface area contributed by atoms with Crippen LogP contribution in [0.4, 0.5) is 5.69 Å². The van der Waals surface area contributed by atoms with E-state index in [0.717, 1.165) is 11.4 Å². The minimum absolute atomic E-state index is 0.0952. The van der Waals surface area contributed by atoms with E-state index in [4.69, 9.17) is 9.47 Å². The van der Waals surface area contributed by atoms with Crippen molar-refractivity contribution in [3.05, 3.63) is 24.3 Å². The topological polar surface area (TPSA) is 76.7 Å². The molecule has 6 nitrogen and oxygen atoms in total. The third-order valence-corrected chi connectivity index (χ3v) is 2.25. The van der Waals surface area contributed by atoms with Crippen molar-refractivity contribution in [1.82, 2.24) is 5.32 Å². The Morgan fingerprint density at radius 2 is 1.89 bits per heavy atom. The number of amides is 1. The summed E-state index contributed by atoms with van der Waals surface area (Å²) < 4.78 is 9.82. The standard InChI is InChI=1S/C13H18N2O4/c1-9(19-10(2)16)15-13(17)8-14-11-4-6-12(18-3)7-5-11/h4-7,9,14H,8H2,1-3H3,(H,15,17). The van der Waals surface area contributed by atoms with Crippen LogP contribution in [0, 0.1) is 0 Å². The second-order valence-corrected chi connectivity index (χ2v) is 3.90. The van der Waals surface area contributed by atoms with E-state index in [2.05, 4.69) is 10.6 Å². The quantitative estimate of drug-likeness (QED) is 0.596. The van der Waals surface area contributed by atoms with Crippen molar-refractivity contribution in [2.24, 2.45) is 0 Å². The van der Waals surface area contributed by atoms with E-state index in [-0.39, 0.29) is 12.5 Å². The number of benzene rings is 1. The highest BCUT2D eigenvalue weighted by Gasteiger charge is 2.08. The Morgan fingerprint density at radius 3 is 2.42 bits per heavy atom. The summed E-state index contributed by atoms with van der Waals surface area (Å²) >= 11 is 0. The number of hydrogen-bond acceptors (Lipinski definition) is 5. The van der Waals surface area contributed by atoms with Gasteiger partial charge in [0.2, 0.25) is 5.91 Å². The van der Waals surface area contributed by atoms with Crippen molar-refractivity contribution >= 4 is 17.6 Å². The number of carbonyl (C=O) groups is 2. The van der Waals surface area contributed by atoms with Gasteiger partial charge >= 0.3 is 5.97 Å². The summed E-state index contributed by atoms with van der Waals surface area (Å²) in [5.41, 5.74) is 0.802. The van der Waals surface area contributed by atoms with Gasteiger partial charge in [0.15, 0.2) is 6.23 Å². The molecule has 2 N–H and O–H groups in total. The lowest BCUT2D eigenvalue weighted by Crippen LogP contribution is -2.38. The first-order valence-corrected chi connectivity index (χ1v) is 5.85. The fraction of sp³-hybridized carbons (Fsp3) is 0.385. The Balaban J connectivity index is 2.34. The predicted octanol–water partition coefficient (Wildman–Crippen LogP) is 1.13. The Kier molecular flexibility index (Phi) is 5.66. The predicted molar refractivity (Wildman–Crippen MR) is 70.9 cm³/mol. The molecule has 0 fully saturated rings. The molecule has 0 aromatic heterocycles. The monoisotopic (exact) mass is 266 g/mol. The third kappa shape index (κ3) is 5.76. The van der Waals surface area contributed by atoms with Crippen molar-refractivity contribution in [3.63, 3.8) is 0 Å². The maximum Gasteiger partial charge on any atom is 0.304 e. The van der Waals surface area contributed by atoms with Gasteiger partial charge in [0.25, 0.3) is 0 Å². The minimum Gasteiger partial charge on any atom is -0.497 e. The molecule has 0 saturated carbocycles. The minimum atomic E-state index is -0.636. The first kappa shape index (κ1) is 14.8. The summed E-state index contributed by atoms with van der Waals surface area (Å²) in [5.74, 6) is 0.0546. The van der Waals surface area contributed by atoms with Gasteiger partial charge in [-0.15, -0.1) is 0 Å².